The summed E-state index contributed by atoms with van der Waals surface area (Å²) >= 11 is 1.44. The van der Waals surface area contributed by atoms with Gasteiger partial charge < -0.3 is 10.1 Å². The van der Waals surface area contributed by atoms with Gasteiger partial charge in [0.1, 0.15) is 5.75 Å². The van der Waals surface area contributed by atoms with Crippen LogP contribution < -0.4 is 10.1 Å². The van der Waals surface area contributed by atoms with Crippen molar-refractivity contribution in [2.75, 3.05) is 0 Å². The maximum Gasteiger partial charge on any atom is 0.278 e. The molecule has 0 bridgehead atoms. The molecule has 1 N–H and O–H groups in total. The van der Waals surface area contributed by atoms with Gasteiger partial charge in [-0.2, -0.15) is 0 Å². The molecule has 2 heterocycles. The van der Waals surface area contributed by atoms with Crippen LogP contribution in [0.5, 0.6) is 10.9 Å². The van der Waals surface area contributed by atoms with E-state index in [4.69, 9.17) is 4.74 Å². The fourth-order valence-corrected chi connectivity index (χ4v) is 3.25. The highest BCUT2D eigenvalue weighted by Crippen LogP contribution is 2.23. The lowest BCUT2D eigenvalue weighted by molar-refractivity contribution is 0.0951. The molecule has 2 aromatic heterocycles. The van der Waals surface area contributed by atoms with E-state index < -0.39 is 0 Å². The summed E-state index contributed by atoms with van der Waals surface area (Å²) in [7, 11) is 0. The molecule has 0 fully saturated rings. The zero-order valence-corrected chi connectivity index (χ0v) is 15.5. The number of fused-ring (bicyclic) bond motifs is 1. The van der Waals surface area contributed by atoms with Crippen molar-refractivity contribution < 1.29 is 9.53 Å². The van der Waals surface area contributed by atoms with Crippen molar-refractivity contribution in [3.8, 4) is 10.9 Å². The molecule has 0 saturated heterocycles. The molecular weight excluding hydrogens is 358 g/mol. The Hall–Kier alpha value is -3.25. The SMILES string of the molecule is Cc1ccnc2ccc(C(=O)NCc3ccc(Oc4nccs4)cc3)cc12. The average Bonchev–Trinajstić information content (AvgIpc) is 3.20. The van der Waals surface area contributed by atoms with Crippen LogP contribution in [-0.4, -0.2) is 15.9 Å². The number of nitrogens with one attached hydrogen (secondary N) is 1. The van der Waals surface area contributed by atoms with Crippen LogP contribution in [0.15, 0.2) is 66.3 Å². The topological polar surface area (TPSA) is 64.1 Å². The first-order valence-corrected chi connectivity index (χ1v) is 9.37. The van der Waals surface area contributed by atoms with E-state index in [2.05, 4.69) is 15.3 Å². The summed E-state index contributed by atoms with van der Waals surface area (Å²) in [5.74, 6) is 0.612. The van der Waals surface area contributed by atoms with Crippen molar-refractivity contribution in [2.24, 2.45) is 0 Å². The lowest BCUT2D eigenvalue weighted by Gasteiger charge is -2.08. The molecule has 4 rings (SSSR count). The maximum atomic E-state index is 12.5. The predicted octanol–water partition coefficient (Wildman–Crippen LogP) is 4.72. The molecule has 0 saturated carbocycles. The maximum absolute atomic E-state index is 12.5. The zero-order chi connectivity index (χ0) is 18.6. The minimum absolute atomic E-state index is 0.108. The molecule has 27 heavy (non-hydrogen) atoms. The smallest absolute Gasteiger partial charge is 0.278 e. The van der Waals surface area contributed by atoms with Crippen molar-refractivity contribution in [3.63, 3.8) is 0 Å². The van der Waals surface area contributed by atoms with Crippen LogP contribution in [0.3, 0.4) is 0 Å². The van der Waals surface area contributed by atoms with Crippen LogP contribution in [0, 0.1) is 6.92 Å². The van der Waals surface area contributed by atoms with Gasteiger partial charge in [-0.05, 0) is 54.4 Å². The molecule has 0 radical (unpaired) electrons. The van der Waals surface area contributed by atoms with E-state index in [1.54, 1.807) is 18.5 Å². The van der Waals surface area contributed by atoms with Gasteiger partial charge in [-0.25, -0.2) is 4.98 Å². The van der Waals surface area contributed by atoms with Crippen molar-refractivity contribution in [1.29, 1.82) is 0 Å². The molecule has 2 aromatic carbocycles. The van der Waals surface area contributed by atoms with Gasteiger partial charge in [-0.1, -0.05) is 23.5 Å². The summed E-state index contributed by atoms with van der Waals surface area (Å²) in [6.07, 6.45) is 3.48. The lowest BCUT2D eigenvalue weighted by Crippen LogP contribution is -2.22. The number of rotatable bonds is 5. The van der Waals surface area contributed by atoms with Crippen LogP contribution >= 0.6 is 11.3 Å². The van der Waals surface area contributed by atoms with Crippen LogP contribution in [-0.2, 0) is 6.54 Å². The monoisotopic (exact) mass is 375 g/mol. The van der Waals surface area contributed by atoms with Gasteiger partial charge in [0.15, 0.2) is 0 Å². The number of thiazole rings is 1. The Balaban J connectivity index is 1.41. The first-order valence-electron chi connectivity index (χ1n) is 8.49. The zero-order valence-electron chi connectivity index (χ0n) is 14.7. The summed E-state index contributed by atoms with van der Waals surface area (Å²) < 4.78 is 5.63. The average molecular weight is 375 g/mol. The number of hydrogen-bond donors (Lipinski definition) is 1. The van der Waals surface area contributed by atoms with E-state index in [1.807, 2.05) is 54.8 Å². The Morgan fingerprint density at radius 1 is 1.07 bits per heavy atom. The third-order valence-corrected chi connectivity index (χ3v) is 4.86. The highest BCUT2D eigenvalue weighted by molar-refractivity contribution is 7.11. The lowest BCUT2D eigenvalue weighted by atomic mass is 10.1. The third kappa shape index (κ3) is 3.96. The molecular formula is C21H17N3O2S. The third-order valence-electron chi connectivity index (χ3n) is 4.21. The second-order valence-electron chi connectivity index (χ2n) is 6.09. The first-order chi connectivity index (χ1) is 13.2. The summed E-state index contributed by atoms with van der Waals surface area (Å²) in [4.78, 5) is 20.9. The van der Waals surface area contributed by atoms with Gasteiger partial charge in [0.25, 0.3) is 11.1 Å². The Bertz CT molecular complexity index is 1080. The standard InChI is InChI=1S/C21H17N3O2S/c1-14-8-9-22-19-7-4-16(12-18(14)19)20(25)24-13-15-2-5-17(6-3-15)26-21-23-10-11-27-21/h2-12H,13H2,1H3,(H,24,25). The summed E-state index contributed by atoms with van der Waals surface area (Å²) in [6.45, 7) is 2.46. The number of pyridine rings is 1. The molecule has 0 unspecified atom stereocenters. The van der Waals surface area contributed by atoms with E-state index in [0.717, 1.165) is 27.8 Å². The van der Waals surface area contributed by atoms with E-state index in [-0.39, 0.29) is 5.91 Å². The molecule has 4 aromatic rings. The number of ether oxygens (including phenoxy) is 1. The Kier molecular flexibility index (Phi) is 4.80. The van der Waals surface area contributed by atoms with E-state index >= 15 is 0 Å². The number of hydrogen-bond acceptors (Lipinski definition) is 5. The Morgan fingerprint density at radius 2 is 1.93 bits per heavy atom. The van der Waals surface area contributed by atoms with Crippen molar-refractivity contribution >= 4 is 28.1 Å². The van der Waals surface area contributed by atoms with Gasteiger partial charge in [0.05, 0.1) is 5.52 Å². The van der Waals surface area contributed by atoms with Gasteiger partial charge in [0, 0.05) is 35.3 Å². The van der Waals surface area contributed by atoms with Crippen LogP contribution in [0.25, 0.3) is 10.9 Å². The molecule has 134 valence electrons. The number of aromatic nitrogens is 2. The fraction of sp³-hybridized carbons (Fsp3) is 0.0952. The van der Waals surface area contributed by atoms with Crippen LogP contribution in [0.2, 0.25) is 0 Å². The van der Waals surface area contributed by atoms with Crippen LogP contribution in [0.1, 0.15) is 21.5 Å². The molecule has 6 heteroatoms. The van der Waals surface area contributed by atoms with Gasteiger partial charge in [-0.3, -0.25) is 9.78 Å². The highest BCUT2D eigenvalue weighted by atomic mass is 32.1. The highest BCUT2D eigenvalue weighted by Gasteiger charge is 2.08. The normalized spacial score (nSPS) is 10.7. The second kappa shape index (κ2) is 7.55. The van der Waals surface area contributed by atoms with E-state index in [0.29, 0.717) is 17.3 Å². The number of nitrogens with zero attached hydrogens (tertiary/aromatic N) is 2. The molecule has 1 amide bonds. The van der Waals surface area contributed by atoms with Gasteiger partial charge in [0.2, 0.25) is 0 Å². The Labute approximate surface area is 160 Å². The van der Waals surface area contributed by atoms with Gasteiger partial charge in [-0.15, -0.1) is 0 Å². The van der Waals surface area contributed by atoms with Crippen molar-refractivity contribution in [2.45, 2.75) is 13.5 Å². The number of aryl methyl sites for hydroxylation is 1. The minimum atomic E-state index is -0.108. The quantitative estimate of drug-likeness (QED) is 0.548. The number of amides is 1. The number of benzene rings is 2. The Morgan fingerprint density at radius 3 is 2.70 bits per heavy atom. The molecule has 5 nitrogen and oxygen atoms in total. The summed E-state index contributed by atoms with van der Waals surface area (Å²) in [5.41, 5.74) is 3.61. The largest absolute Gasteiger partial charge is 0.431 e. The van der Waals surface area contributed by atoms with E-state index in [1.165, 1.54) is 11.3 Å². The van der Waals surface area contributed by atoms with Crippen LogP contribution in [0.4, 0.5) is 0 Å². The predicted molar refractivity (Wildman–Crippen MR) is 106 cm³/mol. The molecule has 0 aliphatic rings. The number of carbonyl (C=O) groups is 1. The molecule has 0 aliphatic carbocycles. The molecule has 0 spiro atoms. The fourth-order valence-electron chi connectivity index (χ4n) is 2.75. The molecule has 0 atom stereocenters. The number of carbonyl (C=O) groups excluding carboxylic acids is 1. The molecule has 0 aliphatic heterocycles. The van der Waals surface area contributed by atoms with Crippen molar-refractivity contribution in [1.82, 2.24) is 15.3 Å². The minimum Gasteiger partial charge on any atom is -0.431 e. The van der Waals surface area contributed by atoms with Crippen molar-refractivity contribution in [3.05, 3.63) is 83.0 Å². The first kappa shape index (κ1) is 17.2. The summed E-state index contributed by atoms with van der Waals surface area (Å²) in [6, 6.07) is 15.1. The van der Waals surface area contributed by atoms with E-state index in [9.17, 15) is 4.79 Å². The van der Waals surface area contributed by atoms with Gasteiger partial charge >= 0.3 is 0 Å². The summed E-state index contributed by atoms with van der Waals surface area (Å²) in [5, 5.41) is 6.42. The second-order valence-corrected chi connectivity index (χ2v) is 6.94.